The van der Waals surface area contributed by atoms with E-state index in [4.69, 9.17) is 17.3 Å². The number of halogens is 1. The van der Waals surface area contributed by atoms with Crippen LogP contribution in [0.5, 0.6) is 0 Å². The SMILES string of the molecule is C=C/C(N)=C(\C=C)C(=O)Nc1ccc(Cl)nc1. The predicted octanol–water partition coefficient (Wildman–Crippen LogP) is 2.26. The molecule has 1 rings (SSSR count). The molecular weight excluding hydrogens is 238 g/mol. The van der Waals surface area contributed by atoms with Gasteiger partial charge >= 0.3 is 0 Å². The van der Waals surface area contributed by atoms with E-state index >= 15 is 0 Å². The third-order valence-corrected chi connectivity index (χ3v) is 2.19. The fourth-order valence-corrected chi connectivity index (χ4v) is 1.21. The number of hydrogen-bond acceptors (Lipinski definition) is 3. The molecular formula is C12H12ClN3O. The number of allylic oxidation sites excluding steroid dienone is 1. The van der Waals surface area contributed by atoms with Crippen LogP contribution in [-0.4, -0.2) is 10.9 Å². The van der Waals surface area contributed by atoms with Crippen LogP contribution >= 0.6 is 11.6 Å². The van der Waals surface area contributed by atoms with E-state index in [0.717, 1.165) is 0 Å². The summed E-state index contributed by atoms with van der Waals surface area (Å²) in [5.41, 5.74) is 6.65. The zero-order valence-corrected chi connectivity index (χ0v) is 9.87. The Bertz CT molecular complexity index is 477. The average Bonchev–Trinajstić information content (AvgIpc) is 2.32. The molecule has 17 heavy (non-hydrogen) atoms. The summed E-state index contributed by atoms with van der Waals surface area (Å²) in [6, 6.07) is 3.21. The highest BCUT2D eigenvalue weighted by Crippen LogP contribution is 2.12. The molecule has 0 unspecified atom stereocenters. The zero-order valence-electron chi connectivity index (χ0n) is 9.11. The second-order valence-electron chi connectivity index (χ2n) is 3.10. The highest BCUT2D eigenvalue weighted by Gasteiger charge is 2.09. The smallest absolute Gasteiger partial charge is 0.257 e. The van der Waals surface area contributed by atoms with Gasteiger partial charge in [-0.15, -0.1) is 0 Å². The molecule has 1 amide bonds. The van der Waals surface area contributed by atoms with Gasteiger partial charge in [-0.1, -0.05) is 30.8 Å². The monoisotopic (exact) mass is 249 g/mol. The van der Waals surface area contributed by atoms with Crippen LogP contribution in [-0.2, 0) is 4.79 Å². The molecule has 1 heterocycles. The van der Waals surface area contributed by atoms with Gasteiger partial charge < -0.3 is 11.1 Å². The maximum absolute atomic E-state index is 11.8. The molecule has 0 saturated carbocycles. The first-order valence-corrected chi connectivity index (χ1v) is 5.13. The lowest BCUT2D eigenvalue weighted by molar-refractivity contribution is -0.112. The van der Waals surface area contributed by atoms with E-state index in [-0.39, 0.29) is 17.2 Å². The number of nitrogens with one attached hydrogen (secondary N) is 1. The van der Waals surface area contributed by atoms with Gasteiger partial charge in [0.15, 0.2) is 0 Å². The van der Waals surface area contributed by atoms with E-state index in [1.54, 1.807) is 12.1 Å². The fourth-order valence-electron chi connectivity index (χ4n) is 1.10. The van der Waals surface area contributed by atoms with Crippen molar-refractivity contribution in [2.75, 3.05) is 5.32 Å². The Hall–Kier alpha value is -2.07. The molecule has 0 aliphatic carbocycles. The van der Waals surface area contributed by atoms with Crippen LogP contribution in [0.2, 0.25) is 5.15 Å². The molecule has 4 nitrogen and oxygen atoms in total. The quantitative estimate of drug-likeness (QED) is 0.489. The maximum Gasteiger partial charge on any atom is 0.257 e. The van der Waals surface area contributed by atoms with Crippen molar-refractivity contribution < 1.29 is 4.79 Å². The van der Waals surface area contributed by atoms with Crippen molar-refractivity contribution in [3.63, 3.8) is 0 Å². The van der Waals surface area contributed by atoms with Gasteiger partial charge in [0.05, 0.1) is 17.5 Å². The van der Waals surface area contributed by atoms with Crippen molar-refractivity contribution in [2.24, 2.45) is 5.73 Å². The molecule has 0 atom stereocenters. The number of pyridine rings is 1. The van der Waals surface area contributed by atoms with Crippen molar-refractivity contribution in [2.45, 2.75) is 0 Å². The molecule has 0 saturated heterocycles. The van der Waals surface area contributed by atoms with E-state index in [2.05, 4.69) is 23.5 Å². The molecule has 0 spiro atoms. The van der Waals surface area contributed by atoms with Gasteiger partial charge in [-0.05, 0) is 18.2 Å². The van der Waals surface area contributed by atoms with E-state index in [0.29, 0.717) is 10.8 Å². The molecule has 5 heteroatoms. The number of rotatable bonds is 4. The zero-order chi connectivity index (χ0) is 12.8. The molecule has 1 aromatic heterocycles. The van der Waals surface area contributed by atoms with Crippen LogP contribution in [0.25, 0.3) is 0 Å². The first-order chi connectivity index (χ1) is 8.08. The summed E-state index contributed by atoms with van der Waals surface area (Å²) in [4.78, 5) is 15.6. The van der Waals surface area contributed by atoms with Crippen LogP contribution in [0, 0.1) is 0 Å². The van der Waals surface area contributed by atoms with Crippen molar-refractivity contribution in [3.05, 3.63) is 60.1 Å². The third kappa shape index (κ3) is 3.46. The van der Waals surface area contributed by atoms with Crippen molar-refractivity contribution in [1.82, 2.24) is 4.98 Å². The third-order valence-electron chi connectivity index (χ3n) is 1.96. The Balaban J connectivity index is 2.89. The normalized spacial score (nSPS) is 11.4. The van der Waals surface area contributed by atoms with E-state index in [1.807, 2.05) is 0 Å². The molecule has 0 radical (unpaired) electrons. The number of nitrogens with zero attached hydrogens (tertiary/aromatic N) is 1. The Kier molecular flexibility index (Phi) is 4.48. The molecule has 0 fully saturated rings. The lowest BCUT2D eigenvalue weighted by Gasteiger charge is -2.06. The summed E-state index contributed by atoms with van der Waals surface area (Å²) in [5, 5.41) is 2.97. The molecule has 1 aromatic rings. The van der Waals surface area contributed by atoms with E-state index < -0.39 is 0 Å². The molecule has 0 aliphatic heterocycles. The first-order valence-electron chi connectivity index (χ1n) is 4.76. The largest absolute Gasteiger partial charge is 0.398 e. The molecule has 3 N–H and O–H groups in total. The lowest BCUT2D eigenvalue weighted by Crippen LogP contribution is -2.17. The minimum Gasteiger partial charge on any atom is -0.398 e. The van der Waals surface area contributed by atoms with Crippen LogP contribution in [0.1, 0.15) is 0 Å². The summed E-state index contributed by atoms with van der Waals surface area (Å²) < 4.78 is 0. The number of carbonyl (C=O) groups is 1. The van der Waals surface area contributed by atoms with Gasteiger partial charge in [-0.3, -0.25) is 4.79 Å². The van der Waals surface area contributed by atoms with Crippen molar-refractivity contribution in [3.8, 4) is 0 Å². The van der Waals surface area contributed by atoms with Gasteiger partial charge in [-0.25, -0.2) is 4.98 Å². The summed E-state index contributed by atoms with van der Waals surface area (Å²) in [5.74, 6) is -0.374. The Morgan fingerprint density at radius 2 is 2.12 bits per heavy atom. The maximum atomic E-state index is 11.8. The summed E-state index contributed by atoms with van der Waals surface area (Å²) in [6.45, 7) is 7.01. The summed E-state index contributed by atoms with van der Waals surface area (Å²) >= 11 is 5.63. The van der Waals surface area contributed by atoms with Crippen molar-refractivity contribution in [1.29, 1.82) is 0 Å². The minimum absolute atomic E-state index is 0.259. The molecule has 0 aliphatic rings. The van der Waals surface area contributed by atoms with Gasteiger partial charge in [0.2, 0.25) is 0 Å². The van der Waals surface area contributed by atoms with Gasteiger partial charge in [0, 0.05) is 5.70 Å². The van der Waals surface area contributed by atoms with Crippen molar-refractivity contribution >= 4 is 23.2 Å². The first kappa shape index (κ1) is 13.0. The minimum atomic E-state index is -0.374. The van der Waals surface area contributed by atoms with Crippen LogP contribution in [0.4, 0.5) is 5.69 Å². The number of hydrogen-bond donors (Lipinski definition) is 2. The summed E-state index contributed by atoms with van der Waals surface area (Å²) in [6.07, 6.45) is 4.21. The lowest BCUT2D eigenvalue weighted by atomic mass is 10.2. The van der Waals surface area contributed by atoms with Crippen LogP contribution < -0.4 is 11.1 Å². The van der Waals surface area contributed by atoms with Crippen LogP contribution in [0.15, 0.2) is 54.9 Å². The molecule has 0 aromatic carbocycles. The Labute approximate surface area is 104 Å². The highest BCUT2D eigenvalue weighted by molar-refractivity contribution is 6.29. The molecule has 0 bridgehead atoms. The fraction of sp³-hybridized carbons (Fsp3) is 0. The van der Waals surface area contributed by atoms with E-state index in [1.165, 1.54) is 18.3 Å². The van der Waals surface area contributed by atoms with Gasteiger partial charge in [0.1, 0.15) is 5.15 Å². The van der Waals surface area contributed by atoms with Crippen LogP contribution in [0.3, 0.4) is 0 Å². The molecule has 88 valence electrons. The second kappa shape index (κ2) is 5.86. The highest BCUT2D eigenvalue weighted by atomic mass is 35.5. The number of nitrogens with two attached hydrogens (primary N) is 1. The number of carbonyl (C=O) groups excluding carboxylic acids is 1. The Morgan fingerprint density at radius 1 is 1.41 bits per heavy atom. The standard InChI is InChI=1S/C12H12ClN3O/c1-3-9(10(14)4-2)12(17)16-8-5-6-11(13)15-7-8/h3-7H,1-2,14H2,(H,16,17)/b10-9-. The van der Waals surface area contributed by atoms with E-state index in [9.17, 15) is 4.79 Å². The number of anilines is 1. The number of aromatic nitrogens is 1. The summed E-state index contributed by atoms with van der Waals surface area (Å²) in [7, 11) is 0. The topological polar surface area (TPSA) is 68.0 Å². The number of amides is 1. The Morgan fingerprint density at radius 3 is 2.59 bits per heavy atom. The van der Waals surface area contributed by atoms with Gasteiger partial charge in [-0.2, -0.15) is 0 Å². The second-order valence-corrected chi connectivity index (χ2v) is 3.49. The van der Waals surface area contributed by atoms with Gasteiger partial charge in [0.25, 0.3) is 5.91 Å². The predicted molar refractivity (Wildman–Crippen MR) is 69.5 cm³/mol. The average molecular weight is 250 g/mol.